The summed E-state index contributed by atoms with van der Waals surface area (Å²) in [7, 11) is -2.63. The van der Waals surface area contributed by atoms with Gasteiger partial charge in [-0.05, 0) is 12.2 Å². The van der Waals surface area contributed by atoms with Crippen LogP contribution in [0.1, 0.15) is 19.8 Å². The highest BCUT2D eigenvalue weighted by Crippen LogP contribution is 2.44. The molecule has 2 rings (SSSR count). The van der Waals surface area contributed by atoms with Gasteiger partial charge in [0.05, 0.1) is 0 Å². The van der Waals surface area contributed by atoms with Crippen molar-refractivity contribution >= 4 is 17.8 Å². The van der Waals surface area contributed by atoms with E-state index < -0.39 is 7.14 Å². The maximum absolute atomic E-state index is 13.4. The number of rotatable bonds is 5. The molecule has 0 atom stereocenters. The zero-order chi connectivity index (χ0) is 13.6. The molecule has 2 heteroatoms. The van der Waals surface area contributed by atoms with Crippen LogP contribution in [-0.2, 0) is 4.57 Å². The second-order valence-electron chi connectivity index (χ2n) is 4.50. The summed E-state index contributed by atoms with van der Waals surface area (Å²) in [5.74, 6) is 1.90. The third kappa shape index (κ3) is 3.24. The van der Waals surface area contributed by atoms with Gasteiger partial charge in [-0.15, -0.1) is 0 Å². The van der Waals surface area contributed by atoms with E-state index in [0.29, 0.717) is 0 Å². The molecule has 0 spiro atoms. The van der Waals surface area contributed by atoms with Crippen LogP contribution in [0.2, 0.25) is 0 Å². The summed E-state index contributed by atoms with van der Waals surface area (Å²) >= 11 is 0. The minimum atomic E-state index is -2.63. The Labute approximate surface area is 115 Å². The lowest BCUT2D eigenvalue weighted by Crippen LogP contribution is -2.13. The van der Waals surface area contributed by atoms with E-state index >= 15 is 0 Å². The topological polar surface area (TPSA) is 17.1 Å². The molecule has 0 saturated heterocycles. The number of allylic oxidation sites excluding steroid dienone is 1. The van der Waals surface area contributed by atoms with Crippen molar-refractivity contribution in [2.45, 2.75) is 19.8 Å². The predicted octanol–water partition coefficient (Wildman–Crippen LogP) is 4.31. The Morgan fingerprint density at radius 1 is 0.895 bits per heavy atom. The van der Waals surface area contributed by atoms with Crippen molar-refractivity contribution in [2.24, 2.45) is 0 Å². The van der Waals surface area contributed by atoms with E-state index in [0.717, 1.165) is 23.5 Å². The maximum atomic E-state index is 13.4. The van der Waals surface area contributed by atoms with Gasteiger partial charge in [0.1, 0.15) is 0 Å². The highest BCUT2D eigenvalue weighted by Gasteiger charge is 2.23. The Morgan fingerprint density at radius 2 is 1.37 bits per heavy atom. The van der Waals surface area contributed by atoms with Crippen LogP contribution in [0.5, 0.6) is 0 Å². The molecule has 0 aliphatic rings. The van der Waals surface area contributed by atoms with Crippen LogP contribution in [0.3, 0.4) is 0 Å². The molecule has 0 bridgehead atoms. The Hall–Kier alpha value is -1.59. The predicted molar refractivity (Wildman–Crippen MR) is 83.8 cm³/mol. The second kappa shape index (κ2) is 6.54. The maximum Gasteiger partial charge on any atom is 0.163 e. The van der Waals surface area contributed by atoms with Gasteiger partial charge in [0.25, 0.3) is 0 Å². The van der Waals surface area contributed by atoms with Gasteiger partial charge in [-0.2, -0.15) is 0 Å². The van der Waals surface area contributed by atoms with Gasteiger partial charge in [0.2, 0.25) is 0 Å². The molecule has 2 aromatic carbocycles. The third-order valence-corrected chi connectivity index (χ3v) is 5.81. The van der Waals surface area contributed by atoms with Crippen LogP contribution in [0.15, 0.2) is 72.6 Å². The largest absolute Gasteiger partial charge is 0.309 e. The molecule has 0 aliphatic carbocycles. The molecule has 0 unspecified atom stereocenters. The molecular formula is C17H19OP. The molecule has 0 amide bonds. The molecule has 0 aromatic heterocycles. The van der Waals surface area contributed by atoms with Crippen molar-refractivity contribution < 1.29 is 4.57 Å². The molecule has 0 N–H and O–H groups in total. The van der Waals surface area contributed by atoms with Crippen LogP contribution in [0.25, 0.3) is 0 Å². The van der Waals surface area contributed by atoms with Crippen molar-refractivity contribution in [2.75, 3.05) is 0 Å². The number of unbranched alkanes of at least 4 members (excludes halogenated alkanes) is 1. The Balaban J connectivity index is 2.48. The summed E-state index contributed by atoms with van der Waals surface area (Å²) in [6, 6.07) is 19.5. The minimum Gasteiger partial charge on any atom is -0.309 e. The average molecular weight is 270 g/mol. The molecule has 0 saturated carbocycles. The van der Waals surface area contributed by atoms with Crippen molar-refractivity contribution in [3.05, 3.63) is 72.6 Å². The molecule has 0 radical (unpaired) electrons. The van der Waals surface area contributed by atoms with Crippen molar-refractivity contribution in [1.82, 2.24) is 0 Å². The van der Waals surface area contributed by atoms with Crippen molar-refractivity contribution in [1.29, 1.82) is 0 Å². The number of benzene rings is 2. The first-order valence-electron chi connectivity index (χ1n) is 6.66. The van der Waals surface area contributed by atoms with Gasteiger partial charge in [-0.3, -0.25) is 0 Å². The average Bonchev–Trinajstić information content (AvgIpc) is 2.49. The van der Waals surface area contributed by atoms with Crippen LogP contribution in [0.4, 0.5) is 0 Å². The quantitative estimate of drug-likeness (QED) is 0.740. The normalized spacial score (nSPS) is 11.8. The first kappa shape index (κ1) is 13.8. The van der Waals surface area contributed by atoms with E-state index in [9.17, 15) is 4.57 Å². The monoisotopic (exact) mass is 270 g/mol. The van der Waals surface area contributed by atoms with Crippen LogP contribution >= 0.6 is 7.14 Å². The van der Waals surface area contributed by atoms with E-state index in [1.54, 1.807) is 0 Å². The molecule has 0 fully saturated rings. The SMILES string of the molecule is CCC/C=C/P(=O)(c1ccccc1)c1ccccc1. The highest BCUT2D eigenvalue weighted by atomic mass is 31.2. The van der Waals surface area contributed by atoms with Crippen molar-refractivity contribution in [3.8, 4) is 0 Å². The van der Waals surface area contributed by atoms with Gasteiger partial charge < -0.3 is 4.57 Å². The minimum absolute atomic E-state index is 0.897. The van der Waals surface area contributed by atoms with Gasteiger partial charge in [0, 0.05) is 10.6 Å². The lowest BCUT2D eigenvalue weighted by Gasteiger charge is -2.15. The zero-order valence-corrected chi connectivity index (χ0v) is 12.1. The summed E-state index contributed by atoms with van der Waals surface area (Å²) in [4.78, 5) is 0. The Kier molecular flexibility index (Phi) is 4.76. The van der Waals surface area contributed by atoms with Crippen LogP contribution in [-0.4, -0.2) is 0 Å². The number of hydrogen-bond donors (Lipinski definition) is 0. The summed E-state index contributed by atoms with van der Waals surface area (Å²) in [5, 5.41) is 1.79. The third-order valence-electron chi connectivity index (χ3n) is 3.05. The Bertz CT molecular complexity index is 529. The standard InChI is InChI=1S/C17H19OP/c1-2-3-10-15-19(18,16-11-6-4-7-12-16)17-13-8-5-9-14-17/h4-15H,2-3H2,1H3/b15-10+. The fraction of sp³-hybridized carbons (Fsp3) is 0.176. The molecule has 1 nitrogen and oxygen atoms in total. The van der Waals surface area contributed by atoms with E-state index in [4.69, 9.17) is 0 Å². The summed E-state index contributed by atoms with van der Waals surface area (Å²) in [6.07, 6.45) is 4.07. The lowest BCUT2D eigenvalue weighted by atomic mass is 10.3. The van der Waals surface area contributed by atoms with Gasteiger partial charge in [-0.1, -0.05) is 80.1 Å². The summed E-state index contributed by atoms with van der Waals surface area (Å²) in [5.41, 5.74) is 0. The molecular weight excluding hydrogens is 251 g/mol. The molecule has 0 aliphatic heterocycles. The van der Waals surface area contributed by atoms with Gasteiger partial charge in [-0.25, -0.2) is 0 Å². The number of hydrogen-bond acceptors (Lipinski definition) is 1. The highest BCUT2D eigenvalue weighted by molar-refractivity contribution is 7.81. The first-order chi connectivity index (χ1) is 9.27. The smallest absolute Gasteiger partial charge is 0.163 e. The molecule has 0 heterocycles. The molecule has 19 heavy (non-hydrogen) atoms. The fourth-order valence-corrected chi connectivity index (χ4v) is 4.33. The van der Waals surface area contributed by atoms with Gasteiger partial charge >= 0.3 is 0 Å². The lowest BCUT2D eigenvalue weighted by molar-refractivity contribution is 0.592. The van der Waals surface area contributed by atoms with Crippen molar-refractivity contribution in [3.63, 3.8) is 0 Å². The van der Waals surface area contributed by atoms with E-state index in [1.165, 1.54) is 0 Å². The fourth-order valence-electron chi connectivity index (χ4n) is 2.01. The Morgan fingerprint density at radius 3 is 1.79 bits per heavy atom. The first-order valence-corrected chi connectivity index (χ1v) is 8.43. The van der Waals surface area contributed by atoms with Gasteiger partial charge in [0.15, 0.2) is 7.14 Å². The van der Waals surface area contributed by atoms with Crippen LogP contribution < -0.4 is 10.6 Å². The summed E-state index contributed by atoms with van der Waals surface area (Å²) in [6.45, 7) is 2.13. The van der Waals surface area contributed by atoms with E-state index in [1.807, 2.05) is 72.6 Å². The van der Waals surface area contributed by atoms with Crippen LogP contribution in [0, 0.1) is 0 Å². The molecule has 2 aromatic rings. The molecule has 98 valence electrons. The van der Waals surface area contributed by atoms with E-state index in [2.05, 4.69) is 6.92 Å². The second-order valence-corrected chi connectivity index (χ2v) is 7.15. The van der Waals surface area contributed by atoms with E-state index in [-0.39, 0.29) is 0 Å². The summed E-state index contributed by atoms with van der Waals surface area (Å²) < 4.78 is 13.4. The zero-order valence-electron chi connectivity index (χ0n) is 11.2.